The first-order valence-electron chi connectivity index (χ1n) is 11.0. The zero-order valence-electron chi connectivity index (χ0n) is 19.3. The zero-order valence-corrected chi connectivity index (χ0v) is 19.3. The van der Waals surface area contributed by atoms with Crippen molar-refractivity contribution in [3.63, 3.8) is 0 Å². The van der Waals surface area contributed by atoms with Crippen molar-refractivity contribution in [2.45, 2.75) is 26.7 Å². The number of hydrogen-bond donors (Lipinski definition) is 1. The third-order valence-electron chi connectivity index (χ3n) is 5.40. The average Bonchev–Trinajstić information content (AvgIpc) is 3.14. The van der Waals surface area contributed by atoms with E-state index in [-0.39, 0.29) is 12.3 Å². The molecular formula is C27H26FN3O3. The normalized spacial score (nSPS) is 10.7. The molecule has 0 saturated heterocycles. The average molecular weight is 460 g/mol. The first-order chi connectivity index (χ1) is 16.4. The van der Waals surface area contributed by atoms with Crippen LogP contribution in [0.5, 0.6) is 17.4 Å². The van der Waals surface area contributed by atoms with E-state index in [1.165, 1.54) is 12.1 Å². The molecule has 1 N–H and O–H groups in total. The van der Waals surface area contributed by atoms with E-state index >= 15 is 0 Å². The molecule has 0 fully saturated rings. The second-order valence-corrected chi connectivity index (χ2v) is 7.95. The number of halogens is 1. The van der Waals surface area contributed by atoms with Crippen molar-refractivity contribution in [3.8, 4) is 23.1 Å². The van der Waals surface area contributed by atoms with E-state index in [1.54, 1.807) is 23.9 Å². The minimum atomic E-state index is -0.399. The highest BCUT2D eigenvalue weighted by Crippen LogP contribution is 2.32. The maximum atomic E-state index is 13.8. The van der Waals surface area contributed by atoms with Gasteiger partial charge in [-0.2, -0.15) is 5.10 Å². The van der Waals surface area contributed by atoms with Gasteiger partial charge < -0.3 is 14.8 Å². The molecule has 0 aliphatic carbocycles. The molecule has 4 aromatic rings. The van der Waals surface area contributed by atoms with Crippen LogP contribution in [0.25, 0.3) is 5.69 Å². The minimum Gasteiger partial charge on any atom is -0.497 e. The van der Waals surface area contributed by atoms with Crippen LogP contribution in [0, 0.1) is 19.7 Å². The summed E-state index contributed by atoms with van der Waals surface area (Å²) in [5.41, 5.74) is 4.13. The summed E-state index contributed by atoms with van der Waals surface area (Å²) in [6.07, 6.45) is 0.646. The van der Waals surface area contributed by atoms with Crippen molar-refractivity contribution in [2.75, 3.05) is 12.4 Å². The molecule has 3 aromatic carbocycles. The number of ether oxygens (including phenoxy) is 2. The van der Waals surface area contributed by atoms with E-state index in [2.05, 4.69) is 10.4 Å². The highest BCUT2D eigenvalue weighted by molar-refractivity contribution is 5.90. The number of hydrogen-bond acceptors (Lipinski definition) is 4. The van der Waals surface area contributed by atoms with Crippen molar-refractivity contribution in [1.82, 2.24) is 9.78 Å². The van der Waals surface area contributed by atoms with Crippen LogP contribution in [-0.2, 0) is 11.2 Å². The fourth-order valence-electron chi connectivity index (χ4n) is 3.57. The Hall–Kier alpha value is -4.13. The number of aromatic nitrogens is 2. The maximum absolute atomic E-state index is 13.8. The van der Waals surface area contributed by atoms with Gasteiger partial charge in [-0.3, -0.25) is 4.79 Å². The lowest BCUT2D eigenvalue weighted by atomic mass is 10.1. The van der Waals surface area contributed by atoms with Crippen LogP contribution in [0.15, 0.2) is 72.8 Å². The standard InChI is InChI=1S/C27H26FN3O3/c1-18-7-9-21(10-8-18)29-26(32)16-15-25-19(2)30-31(22-11-13-23(33-3)14-12-22)27(25)34-24-6-4-5-20(28)17-24/h4-14,17H,15-16H2,1-3H3,(H,29,32). The predicted molar refractivity (Wildman–Crippen MR) is 129 cm³/mol. The van der Waals surface area contributed by atoms with Gasteiger partial charge in [0.2, 0.25) is 11.8 Å². The zero-order chi connectivity index (χ0) is 24.1. The summed E-state index contributed by atoms with van der Waals surface area (Å²) < 4.78 is 26.8. The van der Waals surface area contributed by atoms with Crippen LogP contribution < -0.4 is 14.8 Å². The SMILES string of the molecule is COc1ccc(-n2nc(C)c(CCC(=O)Nc3ccc(C)cc3)c2Oc2cccc(F)c2)cc1. The van der Waals surface area contributed by atoms with Gasteiger partial charge >= 0.3 is 0 Å². The number of nitrogens with zero attached hydrogens (tertiary/aromatic N) is 2. The quantitative estimate of drug-likeness (QED) is 0.351. The molecule has 0 bridgehead atoms. The second-order valence-electron chi connectivity index (χ2n) is 7.95. The third-order valence-corrected chi connectivity index (χ3v) is 5.40. The van der Waals surface area contributed by atoms with Gasteiger partial charge in [-0.1, -0.05) is 23.8 Å². The van der Waals surface area contributed by atoms with E-state index in [9.17, 15) is 9.18 Å². The van der Waals surface area contributed by atoms with Gasteiger partial charge in [-0.05, 0) is 68.8 Å². The number of rotatable bonds is 8. The lowest BCUT2D eigenvalue weighted by Gasteiger charge is -2.12. The molecule has 1 amide bonds. The van der Waals surface area contributed by atoms with Crippen molar-refractivity contribution in [2.24, 2.45) is 0 Å². The second kappa shape index (κ2) is 10.2. The Kier molecular flexibility index (Phi) is 6.92. The number of aryl methyl sites for hydroxylation is 2. The number of anilines is 1. The smallest absolute Gasteiger partial charge is 0.226 e. The highest BCUT2D eigenvalue weighted by atomic mass is 19.1. The maximum Gasteiger partial charge on any atom is 0.226 e. The van der Waals surface area contributed by atoms with E-state index in [4.69, 9.17) is 9.47 Å². The number of carbonyl (C=O) groups excluding carboxylic acids is 1. The Morgan fingerprint density at radius 3 is 2.41 bits per heavy atom. The molecule has 174 valence electrons. The summed E-state index contributed by atoms with van der Waals surface area (Å²) in [7, 11) is 1.60. The summed E-state index contributed by atoms with van der Waals surface area (Å²) in [6, 6.07) is 20.9. The molecule has 0 unspecified atom stereocenters. The Labute approximate surface area is 198 Å². The molecule has 6 nitrogen and oxygen atoms in total. The van der Waals surface area contributed by atoms with Gasteiger partial charge in [0, 0.05) is 23.7 Å². The Balaban J connectivity index is 1.61. The van der Waals surface area contributed by atoms with Crippen molar-refractivity contribution in [1.29, 1.82) is 0 Å². The number of methoxy groups -OCH3 is 1. The summed E-state index contributed by atoms with van der Waals surface area (Å²) >= 11 is 0. The molecule has 0 aliphatic rings. The van der Waals surface area contributed by atoms with Crippen molar-refractivity contribution >= 4 is 11.6 Å². The van der Waals surface area contributed by atoms with Crippen LogP contribution in [0.4, 0.5) is 10.1 Å². The van der Waals surface area contributed by atoms with Gasteiger partial charge in [-0.15, -0.1) is 0 Å². The van der Waals surface area contributed by atoms with Gasteiger partial charge in [0.05, 0.1) is 18.5 Å². The summed E-state index contributed by atoms with van der Waals surface area (Å²) in [5.74, 6) is 0.991. The molecular weight excluding hydrogens is 433 g/mol. The molecule has 7 heteroatoms. The number of amides is 1. The first-order valence-corrected chi connectivity index (χ1v) is 11.0. The first kappa shape index (κ1) is 23.0. The molecule has 0 radical (unpaired) electrons. The van der Waals surface area contributed by atoms with Gasteiger partial charge in [0.25, 0.3) is 0 Å². The molecule has 4 rings (SSSR count). The highest BCUT2D eigenvalue weighted by Gasteiger charge is 2.20. The minimum absolute atomic E-state index is 0.114. The summed E-state index contributed by atoms with van der Waals surface area (Å²) in [6.45, 7) is 3.86. The third kappa shape index (κ3) is 5.43. The van der Waals surface area contributed by atoms with Crippen LogP contribution >= 0.6 is 0 Å². The lowest BCUT2D eigenvalue weighted by Crippen LogP contribution is -2.12. The number of nitrogens with one attached hydrogen (secondary N) is 1. The van der Waals surface area contributed by atoms with Crippen molar-refractivity contribution in [3.05, 3.63) is 95.4 Å². The molecule has 1 aromatic heterocycles. The number of benzene rings is 3. The summed E-state index contributed by atoms with van der Waals surface area (Å²) in [5, 5.41) is 7.57. The molecule has 1 heterocycles. The molecule has 0 saturated carbocycles. The summed E-state index contributed by atoms with van der Waals surface area (Å²) in [4.78, 5) is 12.6. The Morgan fingerprint density at radius 1 is 1.00 bits per heavy atom. The van der Waals surface area contributed by atoms with E-state index in [0.29, 0.717) is 23.8 Å². The fourth-order valence-corrected chi connectivity index (χ4v) is 3.57. The van der Waals surface area contributed by atoms with E-state index in [0.717, 1.165) is 28.2 Å². The van der Waals surface area contributed by atoms with E-state index in [1.807, 2.05) is 62.4 Å². The van der Waals surface area contributed by atoms with Crippen LogP contribution in [0.2, 0.25) is 0 Å². The van der Waals surface area contributed by atoms with Crippen molar-refractivity contribution < 1.29 is 18.7 Å². The molecule has 34 heavy (non-hydrogen) atoms. The van der Waals surface area contributed by atoms with Crippen LogP contribution in [0.1, 0.15) is 23.2 Å². The van der Waals surface area contributed by atoms with Gasteiger partial charge in [0.15, 0.2) is 0 Å². The largest absolute Gasteiger partial charge is 0.497 e. The van der Waals surface area contributed by atoms with Gasteiger partial charge in [-0.25, -0.2) is 9.07 Å². The predicted octanol–water partition coefficient (Wildman–Crippen LogP) is 6.00. The van der Waals surface area contributed by atoms with Crippen LogP contribution in [0.3, 0.4) is 0 Å². The van der Waals surface area contributed by atoms with Gasteiger partial charge in [0.1, 0.15) is 17.3 Å². The molecule has 0 aliphatic heterocycles. The molecule has 0 spiro atoms. The fraction of sp³-hybridized carbons (Fsp3) is 0.185. The molecule has 0 atom stereocenters. The van der Waals surface area contributed by atoms with Crippen LogP contribution in [-0.4, -0.2) is 22.8 Å². The Morgan fingerprint density at radius 2 is 1.74 bits per heavy atom. The topological polar surface area (TPSA) is 65.4 Å². The Bertz CT molecular complexity index is 1280. The lowest BCUT2D eigenvalue weighted by molar-refractivity contribution is -0.116. The monoisotopic (exact) mass is 459 g/mol. The van der Waals surface area contributed by atoms with E-state index < -0.39 is 5.82 Å². The number of carbonyl (C=O) groups is 1.